The molecule has 0 unspecified atom stereocenters. The van der Waals surface area contributed by atoms with Gasteiger partial charge in [-0.25, -0.2) is 5.90 Å². The Balaban J connectivity index is 2.36. The first-order valence-corrected chi connectivity index (χ1v) is 4.85. The summed E-state index contributed by atoms with van der Waals surface area (Å²) >= 11 is 0. The van der Waals surface area contributed by atoms with Gasteiger partial charge in [-0.05, 0) is 30.2 Å². The van der Waals surface area contributed by atoms with Crippen LogP contribution >= 0.6 is 0 Å². The molecule has 0 aromatic heterocycles. The van der Waals surface area contributed by atoms with Gasteiger partial charge in [-0.1, -0.05) is 0 Å². The lowest BCUT2D eigenvalue weighted by Crippen LogP contribution is -2.29. The maximum Gasteiger partial charge on any atom is 0.246 e. The van der Waals surface area contributed by atoms with Crippen molar-refractivity contribution >= 4 is 0 Å². The Morgan fingerprint density at radius 2 is 1.87 bits per heavy atom. The second kappa shape index (κ2) is 3.40. The maximum atomic E-state index is 5.62. The lowest BCUT2D eigenvalue weighted by Gasteiger charge is -2.16. The molecule has 4 nitrogen and oxygen atoms in total. The summed E-state index contributed by atoms with van der Waals surface area (Å²) in [4.78, 5) is 4.62. The number of ether oxygens (including phenoxy) is 2. The van der Waals surface area contributed by atoms with E-state index in [-0.39, 0.29) is 0 Å². The van der Waals surface area contributed by atoms with Crippen LogP contribution in [0.2, 0.25) is 0 Å². The van der Waals surface area contributed by atoms with Crippen LogP contribution in [-0.2, 0) is 11.4 Å². The topological polar surface area (TPSA) is 53.7 Å². The van der Waals surface area contributed by atoms with E-state index < -0.39 is 5.79 Å². The molecule has 0 fully saturated rings. The second-order valence-electron chi connectivity index (χ2n) is 4.14. The predicted molar refractivity (Wildman–Crippen MR) is 55.5 cm³/mol. The first kappa shape index (κ1) is 10.3. The Kier molecular flexibility index (Phi) is 2.32. The van der Waals surface area contributed by atoms with Crippen LogP contribution in [0.25, 0.3) is 0 Å². The molecule has 0 saturated carbocycles. The third kappa shape index (κ3) is 1.91. The minimum absolute atomic E-state index is 0.378. The minimum atomic E-state index is -0.586. The van der Waals surface area contributed by atoms with E-state index in [1.54, 1.807) is 0 Å². The second-order valence-corrected chi connectivity index (χ2v) is 4.14. The van der Waals surface area contributed by atoms with E-state index in [2.05, 4.69) is 4.84 Å². The van der Waals surface area contributed by atoms with E-state index in [0.29, 0.717) is 6.61 Å². The average Bonchev–Trinajstić information content (AvgIpc) is 2.39. The number of nitrogens with two attached hydrogens (primary N) is 1. The number of hydrogen-bond donors (Lipinski definition) is 1. The van der Waals surface area contributed by atoms with Gasteiger partial charge in [0.25, 0.3) is 0 Å². The van der Waals surface area contributed by atoms with Gasteiger partial charge in [0.05, 0.1) is 6.61 Å². The van der Waals surface area contributed by atoms with Gasteiger partial charge in [0, 0.05) is 13.8 Å². The van der Waals surface area contributed by atoms with Crippen molar-refractivity contribution in [3.05, 3.63) is 23.3 Å². The van der Waals surface area contributed by atoms with Crippen LogP contribution in [0.1, 0.15) is 25.0 Å². The Hall–Kier alpha value is -1.26. The lowest BCUT2D eigenvalue weighted by molar-refractivity contribution is -0.0431. The number of benzene rings is 1. The van der Waals surface area contributed by atoms with Crippen molar-refractivity contribution in [1.82, 2.24) is 0 Å². The van der Waals surface area contributed by atoms with E-state index >= 15 is 0 Å². The van der Waals surface area contributed by atoms with Gasteiger partial charge in [-0.3, -0.25) is 4.84 Å². The van der Waals surface area contributed by atoms with Crippen molar-refractivity contribution in [2.75, 3.05) is 0 Å². The van der Waals surface area contributed by atoms with Crippen molar-refractivity contribution in [2.45, 2.75) is 33.2 Å². The monoisotopic (exact) mass is 209 g/mol. The summed E-state index contributed by atoms with van der Waals surface area (Å²) in [5.74, 6) is 5.99. The molecule has 1 aromatic carbocycles. The molecule has 1 aromatic rings. The normalized spacial score (nSPS) is 16.8. The van der Waals surface area contributed by atoms with Crippen LogP contribution in [0.15, 0.2) is 12.1 Å². The summed E-state index contributed by atoms with van der Waals surface area (Å²) in [6, 6.07) is 3.85. The van der Waals surface area contributed by atoms with Gasteiger partial charge >= 0.3 is 0 Å². The number of aryl methyl sites for hydroxylation is 1. The fourth-order valence-electron chi connectivity index (χ4n) is 1.66. The van der Waals surface area contributed by atoms with Gasteiger partial charge in [0.1, 0.15) is 0 Å². The zero-order valence-electron chi connectivity index (χ0n) is 9.16. The third-order valence-corrected chi connectivity index (χ3v) is 2.35. The Morgan fingerprint density at radius 3 is 2.47 bits per heavy atom. The molecule has 0 saturated heterocycles. The van der Waals surface area contributed by atoms with Crippen molar-refractivity contribution in [3.63, 3.8) is 0 Å². The molecule has 0 bridgehead atoms. The molecule has 1 heterocycles. The number of hydrogen-bond acceptors (Lipinski definition) is 4. The highest BCUT2D eigenvalue weighted by atomic mass is 16.7. The van der Waals surface area contributed by atoms with Crippen molar-refractivity contribution in [3.8, 4) is 11.5 Å². The van der Waals surface area contributed by atoms with Crippen LogP contribution in [-0.4, -0.2) is 5.79 Å². The molecule has 2 N–H and O–H groups in total. The maximum absolute atomic E-state index is 5.62. The van der Waals surface area contributed by atoms with E-state index in [1.807, 2.05) is 32.9 Å². The molecule has 0 radical (unpaired) electrons. The first-order chi connectivity index (χ1) is 7.02. The van der Waals surface area contributed by atoms with Gasteiger partial charge in [-0.15, -0.1) is 0 Å². The minimum Gasteiger partial charge on any atom is -0.449 e. The van der Waals surface area contributed by atoms with Crippen molar-refractivity contribution < 1.29 is 14.3 Å². The highest BCUT2D eigenvalue weighted by molar-refractivity contribution is 5.49. The molecule has 1 aliphatic rings. The van der Waals surface area contributed by atoms with E-state index in [9.17, 15) is 0 Å². The highest BCUT2D eigenvalue weighted by Crippen LogP contribution is 2.40. The van der Waals surface area contributed by atoms with Gasteiger partial charge < -0.3 is 9.47 Å². The molecule has 15 heavy (non-hydrogen) atoms. The van der Waals surface area contributed by atoms with Gasteiger partial charge in [0.15, 0.2) is 11.5 Å². The van der Waals surface area contributed by atoms with Crippen LogP contribution in [0.4, 0.5) is 0 Å². The highest BCUT2D eigenvalue weighted by Gasteiger charge is 2.32. The molecule has 0 spiro atoms. The molecule has 1 aliphatic heterocycles. The Bertz CT molecular complexity index is 388. The summed E-state index contributed by atoms with van der Waals surface area (Å²) in [6.07, 6.45) is 0. The van der Waals surface area contributed by atoms with Gasteiger partial charge in [-0.2, -0.15) is 0 Å². The molecule has 0 aliphatic carbocycles. The molecule has 2 rings (SSSR count). The number of fused-ring (bicyclic) bond motifs is 1. The van der Waals surface area contributed by atoms with Crippen LogP contribution < -0.4 is 15.4 Å². The Morgan fingerprint density at radius 1 is 1.27 bits per heavy atom. The molecule has 0 atom stereocenters. The van der Waals surface area contributed by atoms with Crippen molar-refractivity contribution in [1.29, 1.82) is 0 Å². The summed E-state index contributed by atoms with van der Waals surface area (Å²) in [7, 11) is 0. The third-order valence-electron chi connectivity index (χ3n) is 2.35. The van der Waals surface area contributed by atoms with E-state index in [4.69, 9.17) is 15.4 Å². The summed E-state index contributed by atoms with van der Waals surface area (Å²) in [5.41, 5.74) is 2.10. The smallest absolute Gasteiger partial charge is 0.246 e. The summed E-state index contributed by atoms with van der Waals surface area (Å²) in [5, 5.41) is 0. The SMILES string of the molecule is Cc1cc2c(cc1CON)OC(C)(C)O2. The standard InChI is InChI=1S/C11H15NO3/c1-7-4-9-10(5-8(7)6-13-12)15-11(2,3)14-9/h4-5H,6,12H2,1-3H3. The van der Waals surface area contributed by atoms with Crippen LogP contribution in [0.5, 0.6) is 11.5 Å². The van der Waals surface area contributed by atoms with E-state index in [1.165, 1.54) is 0 Å². The zero-order valence-corrected chi connectivity index (χ0v) is 9.16. The molecular weight excluding hydrogens is 194 g/mol. The predicted octanol–water partition coefficient (Wildman–Crippen LogP) is 1.89. The molecule has 0 amide bonds. The lowest BCUT2D eigenvalue weighted by atomic mass is 10.1. The zero-order chi connectivity index (χ0) is 11.1. The molecular formula is C11H15NO3. The van der Waals surface area contributed by atoms with Crippen molar-refractivity contribution in [2.24, 2.45) is 5.90 Å². The summed E-state index contributed by atoms with van der Waals surface area (Å²) < 4.78 is 11.2. The number of rotatable bonds is 2. The van der Waals surface area contributed by atoms with Crippen LogP contribution in [0.3, 0.4) is 0 Å². The fourth-order valence-corrected chi connectivity index (χ4v) is 1.66. The summed E-state index contributed by atoms with van der Waals surface area (Å²) in [6.45, 7) is 6.12. The van der Waals surface area contributed by atoms with Crippen LogP contribution in [0, 0.1) is 6.92 Å². The Labute approximate surface area is 88.9 Å². The largest absolute Gasteiger partial charge is 0.449 e. The van der Waals surface area contributed by atoms with E-state index in [0.717, 1.165) is 22.6 Å². The quantitative estimate of drug-likeness (QED) is 0.756. The molecule has 82 valence electrons. The first-order valence-electron chi connectivity index (χ1n) is 4.85. The fraction of sp³-hybridized carbons (Fsp3) is 0.455. The average molecular weight is 209 g/mol. The molecule has 4 heteroatoms. The van der Waals surface area contributed by atoms with Gasteiger partial charge in [0.2, 0.25) is 5.79 Å².